The minimum Gasteiger partial charge on any atom is -0.480 e. The van der Waals surface area contributed by atoms with E-state index in [1.165, 1.54) is 4.90 Å². The molecule has 10 heteroatoms. The summed E-state index contributed by atoms with van der Waals surface area (Å²) in [6, 6.07) is 4.67. The van der Waals surface area contributed by atoms with Crippen molar-refractivity contribution >= 4 is 34.6 Å². The molecule has 0 radical (unpaired) electrons. The van der Waals surface area contributed by atoms with Gasteiger partial charge in [0.15, 0.2) is 0 Å². The van der Waals surface area contributed by atoms with Crippen LogP contribution in [0.1, 0.15) is 31.2 Å². The molecule has 3 atom stereocenters. The van der Waals surface area contributed by atoms with Crippen LogP contribution >= 0.6 is 0 Å². The second-order valence-electron chi connectivity index (χ2n) is 7.76. The monoisotopic (exact) mass is 429 g/mol. The molecule has 3 rings (SSSR count). The summed E-state index contributed by atoms with van der Waals surface area (Å²) in [5.74, 6) is -2.81. The zero-order valence-corrected chi connectivity index (χ0v) is 17.0. The lowest BCUT2D eigenvalue weighted by Gasteiger charge is -2.28. The Balaban J connectivity index is 1.70. The third-order valence-corrected chi connectivity index (χ3v) is 5.57. The average Bonchev–Trinajstić information content (AvgIpc) is 3.38. The second kappa shape index (κ2) is 9.61. The molecule has 10 nitrogen and oxygen atoms in total. The Morgan fingerprint density at radius 1 is 1.26 bits per heavy atom. The summed E-state index contributed by atoms with van der Waals surface area (Å²) in [5.41, 5.74) is 13.1. The lowest BCUT2D eigenvalue weighted by Crippen LogP contribution is -2.55. The quantitative estimate of drug-likeness (QED) is 0.371. The molecule has 31 heavy (non-hydrogen) atoms. The number of nitrogens with two attached hydrogens (primary N) is 2. The highest BCUT2D eigenvalue weighted by Gasteiger charge is 2.38. The standard InChI is InChI=1S/C21H27N5O5/c22-14(10-12-11-24-15-5-2-1-4-13(12)15)19(28)25-16(7-8-18(23)27)20(29)26-9-3-6-17(26)21(30)31/h1-2,4-5,11,14,16-17,24H,3,6-10,22H2,(H2,23,27)(H,25,28)(H,30,31)/t14-,16-,17+/m0/s1. The topological polar surface area (TPSA) is 172 Å². The van der Waals surface area contributed by atoms with Gasteiger partial charge in [0.05, 0.1) is 6.04 Å². The highest BCUT2D eigenvalue weighted by atomic mass is 16.4. The van der Waals surface area contributed by atoms with Crippen molar-refractivity contribution < 1.29 is 24.3 Å². The number of aromatic nitrogens is 1. The molecule has 0 unspecified atom stereocenters. The van der Waals surface area contributed by atoms with Crippen LogP contribution in [0.3, 0.4) is 0 Å². The number of nitrogens with one attached hydrogen (secondary N) is 2. The van der Waals surface area contributed by atoms with Gasteiger partial charge in [0, 0.05) is 30.1 Å². The van der Waals surface area contributed by atoms with Gasteiger partial charge in [-0.3, -0.25) is 14.4 Å². The number of carboxylic acids is 1. The zero-order chi connectivity index (χ0) is 22.5. The molecule has 0 spiro atoms. The number of nitrogens with zero attached hydrogens (tertiary/aromatic N) is 1. The van der Waals surface area contributed by atoms with Crippen LogP contribution in [-0.4, -0.2) is 63.4 Å². The first-order valence-electron chi connectivity index (χ1n) is 10.2. The van der Waals surface area contributed by atoms with E-state index in [9.17, 15) is 24.3 Å². The van der Waals surface area contributed by atoms with E-state index >= 15 is 0 Å². The number of aromatic amines is 1. The maximum atomic E-state index is 13.0. The minimum atomic E-state index is -1.10. The number of carbonyl (C=O) groups is 4. The van der Waals surface area contributed by atoms with Gasteiger partial charge in [-0.05, 0) is 37.3 Å². The fourth-order valence-electron chi connectivity index (χ4n) is 3.94. The number of likely N-dealkylation sites (tertiary alicyclic amines) is 1. The van der Waals surface area contributed by atoms with E-state index in [1.807, 2.05) is 24.3 Å². The third kappa shape index (κ3) is 5.21. The predicted molar refractivity (Wildman–Crippen MR) is 113 cm³/mol. The summed E-state index contributed by atoms with van der Waals surface area (Å²) >= 11 is 0. The fourth-order valence-corrected chi connectivity index (χ4v) is 3.94. The smallest absolute Gasteiger partial charge is 0.326 e. The van der Waals surface area contributed by atoms with Crippen LogP contribution in [-0.2, 0) is 25.6 Å². The van der Waals surface area contributed by atoms with Gasteiger partial charge in [-0.15, -0.1) is 0 Å². The summed E-state index contributed by atoms with van der Waals surface area (Å²) < 4.78 is 0. The number of hydrogen-bond acceptors (Lipinski definition) is 5. The van der Waals surface area contributed by atoms with Gasteiger partial charge in [-0.2, -0.15) is 0 Å². The van der Waals surface area contributed by atoms with E-state index in [4.69, 9.17) is 11.5 Å². The molecule has 3 amide bonds. The summed E-state index contributed by atoms with van der Waals surface area (Å²) in [4.78, 5) is 52.8. The van der Waals surface area contributed by atoms with Gasteiger partial charge in [-0.25, -0.2) is 4.79 Å². The minimum absolute atomic E-state index is 0.0252. The Bertz CT molecular complexity index is 987. The first-order chi connectivity index (χ1) is 14.8. The molecule has 1 aliphatic heterocycles. The number of fused-ring (bicyclic) bond motifs is 1. The normalized spacial score (nSPS) is 18.0. The van der Waals surface area contributed by atoms with E-state index in [2.05, 4.69) is 10.3 Å². The van der Waals surface area contributed by atoms with E-state index in [0.29, 0.717) is 12.8 Å². The van der Waals surface area contributed by atoms with Crippen LogP contribution in [0.15, 0.2) is 30.5 Å². The Morgan fingerprint density at radius 3 is 2.71 bits per heavy atom. The maximum Gasteiger partial charge on any atom is 0.326 e. The highest BCUT2D eigenvalue weighted by molar-refractivity contribution is 5.93. The molecule has 1 saturated heterocycles. The van der Waals surface area contributed by atoms with Crippen LogP contribution in [0.5, 0.6) is 0 Å². The summed E-state index contributed by atoms with van der Waals surface area (Å²) in [7, 11) is 0. The molecule has 0 aliphatic carbocycles. The summed E-state index contributed by atoms with van der Waals surface area (Å²) in [5, 5.41) is 12.9. The molecular weight excluding hydrogens is 402 g/mol. The van der Waals surface area contributed by atoms with Crippen molar-refractivity contribution in [3.05, 3.63) is 36.0 Å². The lowest BCUT2D eigenvalue weighted by atomic mass is 10.0. The summed E-state index contributed by atoms with van der Waals surface area (Å²) in [6.45, 7) is 0.278. The van der Waals surface area contributed by atoms with Crippen molar-refractivity contribution in [3.8, 4) is 0 Å². The van der Waals surface area contributed by atoms with Crippen molar-refractivity contribution in [2.24, 2.45) is 11.5 Å². The van der Waals surface area contributed by atoms with Crippen molar-refractivity contribution in [2.45, 2.75) is 50.2 Å². The maximum absolute atomic E-state index is 13.0. The largest absolute Gasteiger partial charge is 0.480 e. The van der Waals surface area contributed by atoms with Crippen LogP contribution in [0, 0.1) is 0 Å². The number of H-pyrrole nitrogens is 1. The van der Waals surface area contributed by atoms with Gasteiger partial charge in [-0.1, -0.05) is 18.2 Å². The Labute approximate surface area is 178 Å². The lowest BCUT2D eigenvalue weighted by molar-refractivity contribution is -0.149. The molecule has 1 fully saturated rings. The van der Waals surface area contributed by atoms with Crippen LogP contribution in [0.2, 0.25) is 0 Å². The highest BCUT2D eigenvalue weighted by Crippen LogP contribution is 2.21. The van der Waals surface area contributed by atoms with Gasteiger partial charge in [0.1, 0.15) is 12.1 Å². The third-order valence-electron chi connectivity index (χ3n) is 5.57. The molecule has 7 N–H and O–H groups in total. The van der Waals surface area contributed by atoms with E-state index in [0.717, 1.165) is 16.5 Å². The number of hydrogen-bond donors (Lipinski definition) is 5. The van der Waals surface area contributed by atoms with E-state index in [1.54, 1.807) is 6.20 Å². The molecule has 0 saturated carbocycles. The van der Waals surface area contributed by atoms with Crippen LogP contribution in [0.25, 0.3) is 10.9 Å². The molecule has 1 aliphatic rings. The van der Waals surface area contributed by atoms with Crippen molar-refractivity contribution in [1.29, 1.82) is 0 Å². The van der Waals surface area contributed by atoms with E-state index in [-0.39, 0.29) is 25.8 Å². The molecule has 166 valence electrons. The number of carboxylic acid groups (broad SMARTS) is 1. The molecule has 1 aromatic carbocycles. The van der Waals surface area contributed by atoms with Gasteiger partial charge < -0.3 is 31.8 Å². The van der Waals surface area contributed by atoms with Crippen molar-refractivity contribution in [1.82, 2.24) is 15.2 Å². The van der Waals surface area contributed by atoms with Crippen LogP contribution in [0.4, 0.5) is 0 Å². The number of benzene rings is 1. The number of rotatable bonds is 9. The number of amides is 3. The Hall–Kier alpha value is -3.40. The van der Waals surface area contributed by atoms with Crippen LogP contribution < -0.4 is 16.8 Å². The molecular formula is C21H27N5O5. The van der Waals surface area contributed by atoms with Gasteiger partial charge in [0.25, 0.3) is 0 Å². The zero-order valence-electron chi connectivity index (χ0n) is 17.0. The van der Waals surface area contributed by atoms with Gasteiger partial charge in [0.2, 0.25) is 17.7 Å². The van der Waals surface area contributed by atoms with E-state index < -0.39 is 41.8 Å². The predicted octanol–water partition coefficient (Wildman–Crippen LogP) is -0.136. The van der Waals surface area contributed by atoms with Crippen molar-refractivity contribution in [3.63, 3.8) is 0 Å². The number of carbonyl (C=O) groups excluding carboxylic acids is 3. The second-order valence-corrected chi connectivity index (χ2v) is 7.76. The first kappa shape index (κ1) is 22.3. The Kier molecular flexibility index (Phi) is 6.91. The first-order valence-corrected chi connectivity index (χ1v) is 10.2. The number of para-hydroxylation sites is 1. The molecule has 2 heterocycles. The van der Waals surface area contributed by atoms with Crippen molar-refractivity contribution in [2.75, 3.05) is 6.54 Å². The number of aliphatic carboxylic acids is 1. The SMILES string of the molecule is NC(=O)CC[C@H](NC(=O)[C@@H](N)Cc1c[nH]c2ccccc12)C(=O)N1CCC[C@@H]1C(=O)O. The molecule has 1 aromatic heterocycles. The molecule has 0 bridgehead atoms. The number of primary amides is 1. The fraction of sp³-hybridized carbons (Fsp3) is 0.429. The molecule has 2 aromatic rings. The van der Waals surface area contributed by atoms with Gasteiger partial charge >= 0.3 is 5.97 Å². The average molecular weight is 429 g/mol. The summed E-state index contributed by atoms with van der Waals surface area (Å²) in [6.07, 6.45) is 2.78. The Morgan fingerprint density at radius 2 is 2.00 bits per heavy atom.